The third kappa shape index (κ3) is 4.25. The van der Waals surface area contributed by atoms with E-state index in [0.717, 1.165) is 29.8 Å². The highest BCUT2D eigenvalue weighted by atomic mass is 32.1. The van der Waals surface area contributed by atoms with Crippen LogP contribution in [0.15, 0.2) is 47.8 Å². The molecule has 1 aromatic carbocycles. The summed E-state index contributed by atoms with van der Waals surface area (Å²) in [7, 11) is 0. The van der Waals surface area contributed by atoms with Gasteiger partial charge in [-0.3, -0.25) is 9.59 Å². The van der Waals surface area contributed by atoms with E-state index in [-0.39, 0.29) is 24.3 Å². The van der Waals surface area contributed by atoms with Crippen molar-refractivity contribution in [1.82, 2.24) is 24.6 Å². The third-order valence-electron chi connectivity index (χ3n) is 4.79. The minimum atomic E-state index is -0.216. The average Bonchev–Trinajstić information content (AvgIpc) is 3.43. The molecule has 0 bridgehead atoms. The zero-order chi connectivity index (χ0) is 19.3. The fraction of sp³-hybridized carbons (Fsp3) is 0.316. The molecule has 1 aliphatic rings. The van der Waals surface area contributed by atoms with Crippen molar-refractivity contribution in [2.45, 2.75) is 19.4 Å². The second-order valence-corrected chi connectivity index (χ2v) is 7.43. The Hall–Kier alpha value is -3.07. The minimum Gasteiger partial charge on any atom is -0.340 e. The summed E-state index contributed by atoms with van der Waals surface area (Å²) in [4.78, 5) is 35.0. The molecule has 0 spiro atoms. The van der Waals surface area contributed by atoms with E-state index in [1.54, 1.807) is 21.7 Å². The number of aromatic nitrogens is 4. The number of nitrogens with one attached hydrogen (secondary N) is 1. The molecule has 144 valence electrons. The monoisotopic (exact) mass is 396 g/mol. The molecule has 1 atom stereocenters. The van der Waals surface area contributed by atoms with Gasteiger partial charge in [0.2, 0.25) is 11.8 Å². The van der Waals surface area contributed by atoms with Gasteiger partial charge in [-0.25, -0.2) is 14.6 Å². The summed E-state index contributed by atoms with van der Waals surface area (Å²) in [6.45, 7) is 1.24. The molecule has 8 nitrogen and oxygen atoms in total. The Morgan fingerprint density at radius 2 is 2.11 bits per heavy atom. The molecule has 28 heavy (non-hydrogen) atoms. The van der Waals surface area contributed by atoms with Gasteiger partial charge < -0.3 is 10.2 Å². The lowest BCUT2D eigenvalue weighted by Gasteiger charge is -2.32. The molecule has 0 radical (unpaired) electrons. The molecule has 1 N–H and O–H groups in total. The van der Waals surface area contributed by atoms with Crippen molar-refractivity contribution in [2.75, 3.05) is 18.4 Å². The summed E-state index contributed by atoms with van der Waals surface area (Å²) in [5.74, 6) is -0.318. The van der Waals surface area contributed by atoms with Crippen molar-refractivity contribution in [1.29, 1.82) is 0 Å². The number of amides is 2. The van der Waals surface area contributed by atoms with Crippen LogP contribution in [0.1, 0.15) is 12.8 Å². The van der Waals surface area contributed by atoms with Crippen LogP contribution in [0.4, 0.5) is 5.69 Å². The van der Waals surface area contributed by atoms with Gasteiger partial charge in [0.05, 0.1) is 17.1 Å². The molecular formula is C19H20N6O2S. The van der Waals surface area contributed by atoms with Crippen LogP contribution in [0.5, 0.6) is 0 Å². The van der Waals surface area contributed by atoms with Gasteiger partial charge in [-0.2, -0.15) is 5.10 Å². The van der Waals surface area contributed by atoms with Crippen LogP contribution >= 0.6 is 11.3 Å². The highest BCUT2D eigenvalue weighted by molar-refractivity contribution is 7.07. The number of hydrogen-bond donors (Lipinski definition) is 1. The third-order valence-corrected chi connectivity index (χ3v) is 5.38. The zero-order valence-corrected chi connectivity index (χ0v) is 16.0. The summed E-state index contributed by atoms with van der Waals surface area (Å²) in [5, 5.41) is 8.92. The van der Waals surface area contributed by atoms with E-state index in [4.69, 9.17) is 0 Å². The van der Waals surface area contributed by atoms with Gasteiger partial charge in [-0.15, -0.1) is 11.3 Å². The van der Waals surface area contributed by atoms with E-state index in [0.29, 0.717) is 13.1 Å². The molecule has 4 rings (SSSR count). The number of anilines is 1. The summed E-state index contributed by atoms with van der Waals surface area (Å²) < 4.78 is 1.50. The van der Waals surface area contributed by atoms with E-state index >= 15 is 0 Å². The van der Waals surface area contributed by atoms with Gasteiger partial charge in [-0.05, 0) is 25.0 Å². The van der Waals surface area contributed by atoms with Crippen LogP contribution in [0.25, 0.3) is 11.3 Å². The Morgan fingerprint density at radius 3 is 2.82 bits per heavy atom. The Balaban J connectivity index is 1.34. The van der Waals surface area contributed by atoms with Gasteiger partial charge in [-0.1, -0.05) is 12.1 Å². The highest BCUT2D eigenvalue weighted by Crippen LogP contribution is 2.23. The van der Waals surface area contributed by atoms with E-state index in [1.165, 1.54) is 17.3 Å². The normalized spacial score (nSPS) is 16.7. The highest BCUT2D eigenvalue weighted by Gasteiger charge is 2.28. The summed E-state index contributed by atoms with van der Waals surface area (Å²) in [5.41, 5.74) is 4.48. The largest absolute Gasteiger partial charge is 0.340 e. The fourth-order valence-electron chi connectivity index (χ4n) is 3.29. The minimum absolute atomic E-state index is 0.0457. The van der Waals surface area contributed by atoms with Crippen LogP contribution in [0.2, 0.25) is 0 Å². The number of hydrogen-bond acceptors (Lipinski definition) is 6. The van der Waals surface area contributed by atoms with Gasteiger partial charge in [0.15, 0.2) is 0 Å². The standard InChI is InChI=1S/C19H20N6O2S/c26-18(9-25-12-20-11-22-25)24-7-1-2-15(8-24)19(27)23-16-5-3-14(4-6-16)17-10-28-13-21-17/h3-6,10-13,15H,1-2,7-9H2,(H,23,27). The van der Waals surface area contributed by atoms with Crippen molar-refractivity contribution in [3.63, 3.8) is 0 Å². The predicted octanol–water partition coefficient (Wildman–Crippen LogP) is 2.28. The van der Waals surface area contributed by atoms with Gasteiger partial charge in [0, 0.05) is 29.7 Å². The van der Waals surface area contributed by atoms with Crippen molar-refractivity contribution in [3.8, 4) is 11.3 Å². The number of benzene rings is 1. The molecule has 1 saturated heterocycles. The number of likely N-dealkylation sites (tertiary alicyclic amines) is 1. The van der Waals surface area contributed by atoms with Crippen molar-refractivity contribution in [3.05, 3.63) is 47.8 Å². The fourth-order valence-corrected chi connectivity index (χ4v) is 3.86. The van der Waals surface area contributed by atoms with E-state index < -0.39 is 0 Å². The molecule has 3 heterocycles. The summed E-state index contributed by atoms with van der Waals surface area (Å²) in [6.07, 6.45) is 4.50. The second-order valence-electron chi connectivity index (χ2n) is 6.71. The van der Waals surface area contributed by atoms with Crippen molar-refractivity contribution in [2.24, 2.45) is 5.92 Å². The number of thiazole rings is 1. The molecule has 0 saturated carbocycles. The maximum Gasteiger partial charge on any atom is 0.244 e. The maximum atomic E-state index is 12.7. The Labute approximate surface area is 166 Å². The lowest BCUT2D eigenvalue weighted by molar-refractivity contribution is -0.135. The number of carbonyl (C=O) groups excluding carboxylic acids is 2. The van der Waals surface area contributed by atoms with Crippen molar-refractivity contribution >= 4 is 28.8 Å². The van der Waals surface area contributed by atoms with Crippen molar-refractivity contribution < 1.29 is 9.59 Å². The predicted molar refractivity (Wildman–Crippen MR) is 106 cm³/mol. The van der Waals surface area contributed by atoms with Gasteiger partial charge >= 0.3 is 0 Å². The van der Waals surface area contributed by atoms with Gasteiger partial charge in [0.1, 0.15) is 19.2 Å². The van der Waals surface area contributed by atoms with Gasteiger partial charge in [0.25, 0.3) is 0 Å². The van der Waals surface area contributed by atoms with E-state index in [2.05, 4.69) is 20.4 Å². The topological polar surface area (TPSA) is 93.0 Å². The molecule has 1 aliphatic heterocycles. The number of carbonyl (C=O) groups is 2. The molecule has 1 unspecified atom stereocenters. The SMILES string of the molecule is O=C(Nc1ccc(-c2cscn2)cc1)C1CCCN(C(=O)Cn2cncn2)C1. The zero-order valence-electron chi connectivity index (χ0n) is 15.2. The Kier molecular flexibility index (Phi) is 5.43. The molecule has 0 aliphatic carbocycles. The second kappa shape index (κ2) is 8.30. The Bertz CT molecular complexity index is 924. The Morgan fingerprint density at radius 1 is 1.25 bits per heavy atom. The summed E-state index contributed by atoms with van der Waals surface area (Å²) >= 11 is 1.55. The molecule has 1 fully saturated rings. The number of rotatable bonds is 5. The summed E-state index contributed by atoms with van der Waals surface area (Å²) in [6, 6.07) is 7.64. The van der Waals surface area contributed by atoms with E-state index in [1.807, 2.05) is 29.6 Å². The van der Waals surface area contributed by atoms with Crippen LogP contribution in [0.3, 0.4) is 0 Å². The quantitative estimate of drug-likeness (QED) is 0.714. The molecule has 2 aromatic heterocycles. The molecular weight excluding hydrogens is 376 g/mol. The first-order valence-corrected chi connectivity index (χ1v) is 10.0. The molecule has 3 aromatic rings. The van der Waals surface area contributed by atoms with Crippen LogP contribution in [-0.4, -0.2) is 49.6 Å². The lowest BCUT2D eigenvalue weighted by atomic mass is 9.97. The first-order chi connectivity index (χ1) is 13.7. The van der Waals surface area contributed by atoms with Crippen LogP contribution < -0.4 is 5.32 Å². The first kappa shape index (κ1) is 18.3. The first-order valence-electron chi connectivity index (χ1n) is 9.09. The van der Waals surface area contributed by atoms with E-state index in [9.17, 15) is 9.59 Å². The number of nitrogens with zero attached hydrogens (tertiary/aromatic N) is 5. The van der Waals surface area contributed by atoms with Crippen LogP contribution in [-0.2, 0) is 16.1 Å². The molecule has 2 amide bonds. The average molecular weight is 396 g/mol. The number of piperidine rings is 1. The smallest absolute Gasteiger partial charge is 0.244 e. The molecule has 9 heteroatoms. The lowest BCUT2D eigenvalue weighted by Crippen LogP contribution is -2.45. The maximum absolute atomic E-state index is 12.7. The van der Waals surface area contributed by atoms with Crippen LogP contribution in [0, 0.1) is 5.92 Å².